The fourth-order valence-corrected chi connectivity index (χ4v) is 1.82. The molecule has 16 heavy (non-hydrogen) atoms. The molecule has 0 unspecified atom stereocenters. The van der Waals surface area contributed by atoms with Crippen LogP contribution >= 0.6 is 11.6 Å². The highest BCUT2D eigenvalue weighted by Gasteiger charge is 2.12. The fraction of sp³-hybridized carbons (Fsp3) is 0.308. The molecule has 0 saturated carbocycles. The molecule has 84 valence electrons. The van der Waals surface area contributed by atoms with Gasteiger partial charge in [0.25, 0.3) is 0 Å². The highest BCUT2D eigenvalue weighted by molar-refractivity contribution is 6.17. The summed E-state index contributed by atoms with van der Waals surface area (Å²) in [7, 11) is 0. The summed E-state index contributed by atoms with van der Waals surface area (Å²) in [6.45, 7) is 2.11. The van der Waals surface area contributed by atoms with Gasteiger partial charge in [0, 0.05) is 12.0 Å². The number of hydrogen-bond acceptors (Lipinski definition) is 2. The summed E-state index contributed by atoms with van der Waals surface area (Å²) in [5, 5.41) is 0. The van der Waals surface area contributed by atoms with Gasteiger partial charge in [-0.3, -0.25) is 0 Å². The minimum atomic E-state index is 0.408. The smallest absolute Gasteiger partial charge is 0.226 e. The van der Waals surface area contributed by atoms with Crippen LogP contribution in [0, 0.1) is 0 Å². The molecule has 2 aromatic rings. The number of hydrogen-bond donors (Lipinski definition) is 0. The van der Waals surface area contributed by atoms with Crippen molar-refractivity contribution in [1.29, 1.82) is 0 Å². The van der Waals surface area contributed by atoms with Crippen LogP contribution < -0.4 is 0 Å². The molecule has 0 N–H and O–H groups in total. The topological polar surface area (TPSA) is 26.0 Å². The summed E-state index contributed by atoms with van der Waals surface area (Å²) < 4.78 is 5.74. The van der Waals surface area contributed by atoms with Crippen LogP contribution in [0.5, 0.6) is 0 Å². The number of halogens is 1. The SMILES string of the molecule is CCCc1oc(-c2ccccc2)nc1CCl. The normalized spacial score (nSPS) is 10.6. The number of benzene rings is 1. The third kappa shape index (κ3) is 2.27. The molecule has 0 bridgehead atoms. The van der Waals surface area contributed by atoms with Gasteiger partial charge in [0.1, 0.15) is 5.76 Å². The molecule has 0 aliphatic carbocycles. The maximum absolute atomic E-state index is 5.85. The average Bonchev–Trinajstić information content (AvgIpc) is 2.74. The highest BCUT2D eigenvalue weighted by Crippen LogP contribution is 2.23. The second-order valence-electron chi connectivity index (χ2n) is 3.64. The summed E-state index contributed by atoms with van der Waals surface area (Å²) in [6.07, 6.45) is 1.93. The van der Waals surface area contributed by atoms with E-state index in [-0.39, 0.29) is 0 Å². The maximum Gasteiger partial charge on any atom is 0.226 e. The molecule has 3 heteroatoms. The number of oxazole rings is 1. The first-order valence-electron chi connectivity index (χ1n) is 5.45. The van der Waals surface area contributed by atoms with E-state index in [4.69, 9.17) is 16.0 Å². The second-order valence-corrected chi connectivity index (χ2v) is 3.91. The van der Waals surface area contributed by atoms with Crippen LogP contribution in [-0.4, -0.2) is 4.98 Å². The predicted octanol–water partition coefficient (Wildman–Crippen LogP) is 4.03. The molecule has 2 rings (SSSR count). The monoisotopic (exact) mass is 235 g/mol. The van der Waals surface area contributed by atoms with E-state index < -0.39 is 0 Å². The second kappa shape index (κ2) is 5.17. The first-order chi connectivity index (χ1) is 7.85. The Morgan fingerprint density at radius 3 is 2.62 bits per heavy atom. The Hall–Kier alpha value is -1.28. The van der Waals surface area contributed by atoms with Crippen LogP contribution in [0.1, 0.15) is 24.8 Å². The van der Waals surface area contributed by atoms with Crippen molar-refractivity contribution in [2.24, 2.45) is 0 Å². The lowest BCUT2D eigenvalue weighted by Gasteiger charge is -1.94. The van der Waals surface area contributed by atoms with Gasteiger partial charge in [0.2, 0.25) is 5.89 Å². The zero-order valence-corrected chi connectivity index (χ0v) is 10.00. The predicted molar refractivity (Wildman–Crippen MR) is 65.5 cm³/mol. The molecule has 0 amide bonds. The van der Waals surface area contributed by atoms with Gasteiger partial charge in [-0.25, -0.2) is 4.98 Å². The maximum atomic E-state index is 5.85. The van der Waals surface area contributed by atoms with Crippen molar-refractivity contribution >= 4 is 11.6 Å². The third-order valence-corrected chi connectivity index (χ3v) is 2.66. The number of aryl methyl sites for hydroxylation is 1. The molecule has 0 saturated heterocycles. The summed E-state index contributed by atoms with van der Waals surface area (Å²) in [6, 6.07) is 9.89. The summed E-state index contributed by atoms with van der Waals surface area (Å²) in [5.74, 6) is 1.99. The van der Waals surface area contributed by atoms with Crippen molar-refractivity contribution in [1.82, 2.24) is 4.98 Å². The van der Waals surface area contributed by atoms with Gasteiger partial charge in [-0.1, -0.05) is 25.1 Å². The number of rotatable bonds is 4. The first-order valence-corrected chi connectivity index (χ1v) is 5.98. The molecular weight excluding hydrogens is 222 g/mol. The van der Waals surface area contributed by atoms with E-state index >= 15 is 0 Å². The van der Waals surface area contributed by atoms with E-state index in [2.05, 4.69) is 11.9 Å². The number of nitrogens with zero attached hydrogens (tertiary/aromatic N) is 1. The van der Waals surface area contributed by atoms with Gasteiger partial charge >= 0.3 is 0 Å². The molecule has 1 heterocycles. The Morgan fingerprint density at radius 1 is 1.25 bits per heavy atom. The van der Waals surface area contributed by atoms with Crippen molar-refractivity contribution in [3.05, 3.63) is 41.8 Å². The zero-order chi connectivity index (χ0) is 11.4. The molecular formula is C13H14ClNO. The molecule has 0 radical (unpaired) electrons. The van der Waals surface area contributed by atoms with Crippen molar-refractivity contribution < 1.29 is 4.42 Å². The van der Waals surface area contributed by atoms with Gasteiger partial charge < -0.3 is 4.42 Å². The van der Waals surface area contributed by atoms with E-state index in [1.807, 2.05) is 30.3 Å². The first kappa shape index (κ1) is 11.2. The minimum absolute atomic E-state index is 0.408. The highest BCUT2D eigenvalue weighted by atomic mass is 35.5. The van der Waals surface area contributed by atoms with Gasteiger partial charge in [-0.05, 0) is 18.6 Å². The Balaban J connectivity index is 2.36. The fourth-order valence-electron chi connectivity index (χ4n) is 1.61. The molecule has 0 fully saturated rings. The Bertz CT molecular complexity index is 450. The van der Waals surface area contributed by atoms with Gasteiger partial charge in [-0.2, -0.15) is 0 Å². The molecule has 0 aliphatic rings. The lowest BCUT2D eigenvalue weighted by atomic mass is 10.2. The molecule has 1 aromatic heterocycles. The van der Waals surface area contributed by atoms with Gasteiger partial charge in [-0.15, -0.1) is 11.6 Å². The lowest BCUT2D eigenvalue weighted by Crippen LogP contribution is -1.86. The lowest BCUT2D eigenvalue weighted by molar-refractivity contribution is 0.512. The summed E-state index contributed by atoms with van der Waals surface area (Å²) >= 11 is 5.85. The van der Waals surface area contributed by atoms with Crippen LogP contribution in [-0.2, 0) is 12.3 Å². The van der Waals surface area contributed by atoms with E-state index in [1.54, 1.807) is 0 Å². The van der Waals surface area contributed by atoms with Crippen molar-refractivity contribution in [3.63, 3.8) is 0 Å². The van der Waals surface area contributed by atoms with Crippen LogP contribution in [0.15, 0.2) is 34.7 Å². The van der Waals surface area contributed by atoms with E-state index in [0.717, 1.165) is 29.9 Å². The van der Waals surface area contributed by atoms with E-state index in [9.17, 15) is 0 Å². The largest absolute Gasteiger partial charge is 0.441 e. The van der Waals surface area contributed by atoms with Crippen LogP contribution in [0.25, 0.3) is 11.5 Å². The molecule has 1 aromatic carbocycles. The van der Waals surface area contributed by atoms with Crippen molar-refractivity contribution in [2.75, 3.05) is 0 Å². The zero-order valence-electron chi connectivity index (χ0n) is 9.24. The Morgan fingerprint density at radius 2 is 2.00 bits per heavy atom. The Labute approximate surface area is 100 Å². The van der Waals surface area contributed by atoms with Crippen LogP contribution in [0.2, 0.25) is 0 Å². The number of aromatic nitrogens is 1. The standard InChI is InChI=1S/C13H14ClNO/c1-2-6-12-11(9-14)15-13(16-12)10-7-4-3-5-8-10/h3-5,7-8H,2,6,9H2,1H3. The summed E-state index contributed by atoms with van der Waals surface area (Å²) in [4.78, 5) is 4.42. The van der Waals surface area contributed by atoms with Gasteiger partial charge in [0.15, 0.2) is 0 Å². The Kier molecular flexibility index (Phi) is 3.62. The quantitative estimate of drug-likeness (QED) is 0.748. The molecule has 0 aliphatic heterocycles. The van der Waals surface area contributed by atoms with Crippen molar-refractivity contribution in [2.45, 2.75) is 25.6 Å². The van der Waals surface area contributed by atoms with E-state index in [1.165, 1.54) is 0 Å². The van der Waals surface area contributed by atoms with Crippen LogP contribution in [0.3, 0.4) is 0 Å². The average molecular weight is 236 g/mol. The molecule has 0 atom stereocenters. The van der Waals surface area contributed by atoms with Gasteiger partial charge in [0.05, 0.1) is 11.6 Å². The minimum Gasteiger partial charge on any atom is -0.441 e. The molecule has 2 nitrogen and oxygen atoms in total. The molecule has 0 spiro atoms. The van der Waals surface area contributed by atoms with Crippen molar-refractivity contribution in [3.8, 4) is 11.5 Å². The van der Waals surface area contributed by atoms with E-state index in [0.29, 0.717) is 11.8 Å². The number of alkyl halides is 1. The van der Waals surface area contributed by atoms with Crippen LogP contribution in [0.4, 0.5) is 0 Å². The third-order valence-electron chi connectivity index (χ3n) is 2.40. The summed E-state index contributed by atoms with van der Waals surface area (Å²) in [5.41, 5.74) is 1.86.